The van der Waals surface area contributed by atoms with E-state index in [-0.39, 0.29) is 10.8 Å². The molecular formula is C12H18N2O3S. The van der Waals surface area contributed by atoms with Gasteiger partial charge in [-0.25, -0.2) is 9.78 Å². The Hall–Kier alpha value is -1.43. The number of anilines is 1. The smallest absolute Gasteiger partial charge is 0.339 e. The maximum atomic E-state index is 11.3. The number of hydrogen-bond acceptors (Lipinski definition) is 4. The maximum absolute atomic E-state index is 11.3. The average Bonchev–Trinajstić information content (AvgIpc) is 2.23. The molecule has 0 bridgehead atoms. The predicted molar refractivity (Wildman–Crippen MR) is 72.7 cm³/mol. The molecule has 6 heteroatoms. The van der Waals surface area contributed by atoms with Crippen molar-refractivity contribution in [3.8, 4) is 0 Å². The quantitative estimate of drug-likeness (QED) is 0.849. The van der Waals surface area contributed by atoms with E-state index in [2.05, 4.69) is 10.3 Å². The normalized spacial score (nSPS) is 14.0. The molecule has 0 radical (unpaired) electrons. The Kier molecular flexibility index (Phi) is 4.84. The number of carboxylic acids is 1. The van der Waals surface area contributed by atoms with Crippen molar-refractivity contribution < 1.29 is 14.1 Å². The van der Waals surface area contributed by atoms with Crippen molar-refractivity contribution in [1.29, 1.82) is 0 Å². The number of aromatic nitrogens is 1. The van der Waals surface area contributed by atoms with Gasteiger partial charge in [-0.1, -0.05) is 0 Å². The van der Waals surface area contributed by atoms with Gasteiger partial charge >= 0.3 is 5.97 Å². The van der Waals surface area contributed by atoms with E-state index in [4.69, 9.17) is 0 Å². The number of pyridine rings is 1. The second kappa shape index (κ2) is 5.95. The Labute approximate surface area is 109 Å². The van der Waals surface area contributed by atoms with Crippen molar-refractivity contribution in [3.63, 3.8) is 0 Å². The molecule has 0 aliphatic rings. The van der Waals surface area contributed by atoms with Crippen LogP contribution in [-0.2, 0) is 10.8 Å². The molecular weight excluding hydrogens is 252 g/mol. The van der Waals surface area contributed by atoms with Gasteiger partial charge in [-0.2, -0.15) is 0 Å². The van der Waals surface area contributed by atoms with Gasteiger partial charge in [-0.05, 0) is 32.4 Å². The van der Waals surface area contributed by atoms with Gasteiger partial charge in [-0.15, -0.1) is 0 Å². The number of aromatic carboxylic acids is 1. The minimum atomic E-state index is -1.01. The largest absolute Gasteiger partial charge is 0.478 e. The molecule has 1 aromatic rings. The molecule has 0 aliphatic heterocycles. The van der Waals surface area contributed by atoms with Crippen LogP contribution in [0.1, 0.15) is 28.5 Å². The summed E-state index contributed by atoms with van der Waals surface area (Å²) in [5.74, 6) is -0.662. The molecule has 1 heterocycles. The lowest BCUT2D eigenvalue weighted by atomic mass is 10.1. The van der Waals surface area contributed by atoms with Gasteiger partial charge in [0.1, 0.15) is 11.4 Å². The fourth-order valence-electron chi connectivity index (χ4n) is 1.59. The molecule has 0 aromatic carbocycles. The molecule has 1 rings (SSSR count). The van der Waals surface area contributed by atoms with Gasteiger partial charge in [0.25, 0.3) is 0 Å². The van der Waals surface area contributed by atoms with Crippen LogP contribution in [0.15, 0.2) is 6.07 Å². The molecule has 0 saturated heterocycles. The molecule has 2 N–H and O–H groups in total. The van der Waals surface area contributed by atoms with E-state index in [0.29, 0.717) is 17.9 Å². The summed E-state index contributed by atoms with van der Waals surface area (Å²) in [5.41, 5.74) is 1.60. The van der Waals surface area contributed by atoms with E-state index in [1.165, 1.54) is 0 Å². The van der Waals surface area contributed by atoms with Crippen LogP contribution in [0, 0.1) is 13.8 Å². The molecule has 0 fully saturated rings. The molecule has 2 atom stereocenters. The average molecular weight is 270 g/mol. The number of carboxylic acid groups (broad SMARTS) is 1. The molecule has 1 aromatic heterocycles. The summed E-state index contributed by atoms with van der Waals surface area (Å²) in [6.45, 7) is 5.82. The van der Waals surface area contributed by atoms with Crippen molar-refractivity contribution in [3.05, 3.63) is 22.9 Å². The molecule has 18 heavy (non-hydrogen) atoms. The Morgan fingerprint density at radius 2 is 2.17 bits per heavy atom. The van der Waals surface area contributed by atoms with Crippen LogP contribution in [0.25, 0.3) is 0 Å². The third kappa shape index (κ3) is 3.53. The van der Waals surface area contributed by atoms with Crippen LogP contribution in [0.4, 0.5) is 5.82 Å². The third-order valence-electron chi connectivity index (χ3n) is 2.68. The number of hydrogen-bond donors (Lipinski definition) is 2. The van der Waals surface area contributed by atoms with E-state index < -0.39 is 16.8 Å². The number of nitrogens with zero attached hydrogens (tertiary/aromatic N) is 1. The summed E-state index contributed by atoms with van der Waals surface area (Å²) < 4.78 is 11.3. The van der Waals surface area contributed by atoms with Crippen LogP contribution in [-0.4, -0.2) is 38.3 Å². The topological polar surface area (TPSA) is 79.3 Å². The van der Waals surface area contributed by atoms with Gasteiger partial charge in [-0.3, -0.25) is 4.21 Å². The Morgan fingerprint density at radius 3 is 2.67 bits per heavy atom. The summed E-state index contributed by atoms with van der Waals surface area (Å²) in [6.07, 6.45) is 1.62. The second-order valence-electron chi connectivity index (χ2n) is 4.30. The number of rotatable bonds is 5. The standard InChI is InChI=1S/C12H18N2O3S/c1-7-5-8(2)14-11(10(7)12(15)16)13-6-9(3)18(4)17/h5,9H,6H2,1-4H3,(H,13,14)(H,15,16). The van der Waals surface area contributed by atoms with Gasteiger partial charge in [0.2, 0.25) is 0 Å². The fraction of sp³-hybridized carbons (Fsp3) is 0.500. The Bertz CT molecular complexity index is 488. The van der Waals surface area contributed by atoms with Crippen LogP contribution in [0.3, 0.4) is 0 Å². The van der Waals surface area contributed by atoms with Crippen LogP contribution >= 0.6 is 0 Å². The van der Waals surface area contributed by atoms with E-state index in [0.717, 1.165) is 5.69 Å². The summed E-state index contributed by atoms with van der Waals surface area (Å²) in [5, 5.41) is 12.1. The highest BCUT2D eigenvalue weighted by molar-refractivity contribution is 7.84. The molecule has 0 amide bonds. The van der Waals surface area contributed by atoms with E-state index in [9.17, 15) is 14.1 Å². The second-order valence-corrected chi connectivity index (χ2v) is 6.10. The van der Waals surface area contributed by atoms with Crippen LogP contribution in [0.5, 0.6) is 0 Å². The van der Waals surface area contributed by atoms with Crippen molar-refractivity contribution in [2.45, 2.75) is 26.0 Å². The van der Waals surface area contributed by atoms with Crippen LogP contribution < -0.4 is 5.32 Å². The minimum absolute atomic E-state index is 0.0609. The molecule has 5 nitrogen and oxygen atoms in total. The highest BCUT2D eigenvalue weighted by Gasteiger charge is 2.16. The monoisotopic (exact) mass is 270 g/mol. The lowest BCUT2D eigenvalue weighted by Gasteiger charge is -2.14. The first-order valence-corrected chi connectivity index (χ1v) is 7.22. The highest BCUT2D eigenvalue weighted by atomic mass is 32.2. The van der Waals surface area contributed by atoms with Gasteiger partial charge in [0.15, 0.2) is 0 Å². The van der Waals surface area contributed by atoms with Crippen molar-refractivity contribution in [2.75, 3.05) is 18.1 Å². The predicted octanol–water partition coefficient (Wildman–Crippen LogP) is 1.58. The lowest BCUT2D eigenvalue weighted by molar-refractivity contribution is 0.0697. The summed E-state index contributed by atoms with van der Waals surface area (Å²) in [6, 6.07) is 1.73. The van der Waals surface area contributed by atoms with E-state index in [1.807, 2.05) is 13.8 Å². The number of carbonyl (C=O) groups is 1. The maximum Gasteiger partial charge on any atom is 0.339 e. The minimum Gasteiger partial charge on any atom is -0.478 e. The Balaban J connectivity index is 3.00. The van der Waals surface area contributed by atoms with E-state index in [1.54, 1.807) is 19.2 Å². The zero-order valence-electron chi connectivity index (χ0n) is 11.0. The van der Waals surface area contributed by atoms with Gasteiger partial charge < -0.3 is 10.4 Å². The summed E-state index contributed by atoms with van der Waals surface area (Å²) >= 11 is 0. The van der Waals surface area contributed by atoms with Gasteiger partial charge in [0, 0.05) is 34.5 Å². The number of aryl methyl sites for hydroxylation is 2. The van der Waals surface area contributed by atoms with E-state index >= 15 is 0 Å². The molecule has 2 unspecified atom stereocenters. The van der Waals surface area contributed by atoms with Crippen LogP contribution in [0.2, 0.25) is 0 Å². The first-order valence-electron chi connectivity index (χ1n) is 5.60. The Morgan fingerprint density at radius 1 is 1.56 bits per heavy atom. The first kappa shape index (κ1) is 14.6. The summed E-state index contributed by atoms with van der Waals surface area (Å²) in [4.78, 5) is 15.4. The van der Waals surface area contributed by atoms with Crippen molar-refractivity contribution in [2.24, 2.45) is 0 Å². The number of nitrogens with one attached hydrogen (secondary N) is 1. The fourth-order valence-corrected chi connectivity index (χ4v) is 1.91. The molecule has 0 aliphatic carbocycles. The molecule has 100 valence electrons. The summed E-state index contributed by atoms with van der Waals surface area (Å²) in [7, 11) is -0.950. The first-order chi connectivity index (χ1) is 8.32. The SMILES string of the molecule is Cc1cc(C)c(C(=O)O)c(NCC(C)S(C)=O)n1. The highest BCUT2D eigenvalue weighted by Crippen LogP contribution is 2.18. The molecule has 0 spiro atoms. The lowest BCUT2D eigenvalue weighted by Crippen LogP contribution is -2.22. The zero-order valence-corrected chi connectivity index (χ0v) is 11.8. The van der Waals surface area contributed by atoms with Gasteiger partial charge in [0.05, 0.1) is 0 Å². The van der Waals surface area contributed by atoms with Crippen molar-refractivity contribution >= 4 is 22.6 Å². The molecule has 0 saturated carbocycles. The zero-order chi connectivity index (χ0) is 13.9. The third-order valence-corrected chi connectivity index (χ3v) is 3.98. The van der Waals surface area contributed by atoms with Crippen molar-refractivity contribution in [1.82, 2.24) is 4.98 Å².